The van der Waals surface area contributed by atoms with Crippen molar-refractivity contribution in [3.63, 3.8) is 0 Å². The van der Waals surface area contributed by atoms with Gasteiger partial charge in [0, 0.05) is 11.5 Å². The summed E-state index contributed by atoms with van der Waals surface area (Å²) < 4.78 is 10.6. The molecular formula is C16H25NO3. The van der Waals surface area contributed by atoms with Gasteiger partial charge in [-0.1, -0.05) is 20.3 Å². The molecule has 0 fully saturated rings. The van der Waals surface area contributed by atoms with Crippen molar-refractivity contribution >= 4 is 5.91 Å². The minimum atomic E-state index is -0.119. The Morgan fingerprint density at radius 2 is 1.95 bits per heavy atom. The summed E-state index contributed by atoms with van der Waals surface area (Å²) in [4.78, 5) is 12.1. The number of ether oxygens (including phenoxy) is 2. The first-order chi connectivity index (χ1) is 9.53. The Kier molecular flexibility index (Phi) is 6.36. The summed E-state index contributed by atoms with van der Waals surface area (Å²) in [5, 5.41) is 3.03. The third-order valence-electron chi connectivity index (χ3n) is 3.43. The molecule has 0 saturated carbocycles. The van der Waals surface area contributed by atoms with E-state index in [1.165, 1.54) is 0 Å². The number of hydrogen-bond acceptors (Lipinski definition) is 3. The maximum Gasteiger partial charge on any atom is 0.223 e. The highest BCUT2D eigenvalue weighted by atomic mass is 16.5. The molecule has 20 heavy (non-hydrogen) atoms. The summed E-state index contributed by atoms with van der Waals surface area (Å²) in [7, 11) is 3.25. The van der Waals surface area contributed by atoms with Gasteiger partial charge in [-0.05, 0) is 31.5 Å². The maximum atomic E-state index is 12.1. The van der Waals surface area contributed by atoms with Crippen molar-refractivity contribution in [3.8, 4) is 11.5 Å². The second-order valence-corrected chi connectivity index (χ2v) is 5.03. The molecule has 1 aromatic rings. The van der Waals surface area contributed by atoms with Crippen molar-refractivity contribution in [1.29, 1.82) is 0 Å². The largest absolute Gasteiger partial charge is 0.497 e. The fourth-order valence-corrected chi connectivity index (χ4v) is 2.18. The first kappa shape index (κ1) is 16.3. The van der Waals surface area contributed by atoms with Crippen LogP contribution in [0.5, 0.6) is 11.5 Å². The van der Waals surface area contributed by atoms with Crippen LogP contribution in [-0.2, 0) is 4.79 Å². The minimum Gasteiger partial charge on any atom is -0.497 e. The highest BCUT2D eigenvalue weighted by Gasteiger charge is 2.18. The summed E-state index contributed by atoms with van der Waals surface area (Å²) >= 11 is 0. The Labute approximate surface area is 121 Å². The smallest absolute Gasteiger partial charge is 0.223 e. The van der Waals surface area contributed by atoms with Crippen molar-refractivity contribution in [3.05, 3.63) is 23.8 Å². The normalized spacial score (nSPS) is 13.4. The molecule has 0 aliphatic carbocycles. The molecule has 2 atom stereocenters. The number of carbonyl (C=O) groups excluding carboxylic acids is 1. The molecule has 0 aliphatic rings. The van der Waals surface area contributed by atoms with E-state index in [1.54, 1.807) is 14.2 Å². The van der Waals surface area contributed by atoms with Crippen LogP contribution in [-0.4, -0.2) is 20.1 Å². The molecule has 0 aliphatic heterocycles. The van der Waals surface area contributed by atoms with Crippen molar-refractivity contribution in [2.24, 2.45) is 5.92 Å². The number of methoxy groups -OCH3 is 2. The van der Waals surface area contributed by atoms with Crippen LogP contribution in [0.15, 0.2) is 18.2 Å². The zero-order valence-electron chi connectivity index (χ0n) is 13.0. The van der Waals surface area contributed by atoms with Crippen LogP contribution >= 0.6 is 0 Å². The second kappa shape index (κ2) is 7.78. The van der Waals surface area contributed by atoms with Gasteiger partial charge in [-0.3, -0.25) is 4.79 Å². The fraction of sp³-hybridized carbons (Fsp3) is 0.562. The Morgan fingerprint density at radius 3 is 2.50 bits per heavy atom. The monoisotopic (exact) mass is 279 g/mol. The van der Waals surface area contributed by atoms with E-state index in [4.69, 9.17) is 9.47 Å². The molecule has 2 unspecified atom stereocenters. The summed E-state index contributed by atoms with van der Waals surface area (Å²) in [5.74, 6) is 1.61. The van der Waals surface area contributed by atoms with Crippen molar-refractivity contribution in [2.75, 3.05) is 14.2 Å². The van der Waals surface area contributed by atoms with Gasteiger partial charge in [-0.15, -0.1) is 0 Å². The molecule has 0 aromatic heterocycles. The van der Waals surface area contributed by atoms with E-state index in [0.717, 1.165) is 29.9 Å². The van der Waals surface area contributed by atoms with E-state index in [2.05, 4.69) is 12.2 Å². The minimum absolute atomic E-state index is 0.0269. The first-order valence-corrected chi connectivity index (χ1v) is 7.05. The molecule has 4 nitrogen and oxygen atoms in total. The zero-order valence-corrected chi connectivity index (χ0v) is 13.0. The Bertz CT molecular complexity index is 445. The third kappa shape index (κ3) is 4.15. The van der Waals surface area contributed by atoms with Crippen LogP contribution in [0, 0.1) is 5.92 Å². The number of hydrogen-bond donors (Lipinski definition) is 1. The first-order valence-electron chi connectivity index (χ1n) is 7.05. The van der Waals surface area contributed by atoms with Gasteiger partial charge in [-0.25, -0.2) is 0 Å². The standard InChI is InChI=1S/C16H25NO3/c1-6-7-11(2)16(18)17-12(3)14-10-13(19-4)8-9-15(14)20-5/h8-12H,6-7H2,1-5H3,(H,17,18). The summed E-state index contributed by atoms with van der Waals surface area (Å²) in [6, 6.07) is 5.48. The molecular weight excluding hydrogens is 254 g/mol. The number of nitrogens with one attached hydrogen (secondary N) is 1. The van der Waals surface area contributed by atoms with Crippen molar-refractivity contribution < 1.29 is 14.3 Å². The van der Waals surface area contributed by atoms with E-state index in [9.17, 15) is 4.79 Å². The summed E-state index contributed by atoms with van der Waals surface area (Å²) in [5.41, 5.74) is 0.920. The molecule has 0 spiro atoms. The lowest BCUT2D eigenvalue weighted by atomic mass is 10.0. The molecule has 1 N–H and O–H groups in total. The van der Waals surface area contributed by atoms with Crippen LogP contribution in [0.2, 0.25) is 0 Å². The van der Waals surface area contributed by atoms with Gasteiger partial charge in [0.2, 0.25) is 5.91 Å². The molecule has 112 valence electrons. The summed E-state index contributed by atoms with van der Waals surface area (Å²) in [6.45, 7) is 5.99. The van der Waals surface area contributed by atoms with Crippen LogP contribution in [0.1, 0.15) is 45.2 Å². The van der Waals surface area contributed by atoms with Gasteiger partial charge in [0.1, 0.15) is 11.5 Å². The lowest BCUT2D eigenvalue weighted by Gasteiger charge is -2.20. The lowest BCUT2D eigenvalue weighted by Crippen LogP contribution is -2.31. The molecule has 1 aromatic carbocycles. The molecule has 0 heterocycles. The maximum absolute atomic E-state index is 12.1. The number of carbonyl (C=O) groups is 1. The quantitative estimate of drug-likeness (QED) is 0.833. The fourth-order valence-electron chi connectivity index (χ4n) is 2.18. The highest BCUT2D eigenvalue weighted by molar-refractivity contribution is 5.78. The Morgan fingerprint density at radius 1 is 1.25 bits per heavy atom. The molecule has 1 amide bonds. The van der Waals surface area contributed by atoms with Gasteiger partial charge in [0.05, 0.1) is 20.3 Å². The predicted molar refractivity (Wildman–Crippen MR) is 80.2 cm³/mol. The van der Waals surface area contributed by atoms with E-state index in [1.807, 2.05) is 32.0 Å². The molecule has 1 rings (SSSR count). The number of amides is 1. The highest BCUT2D eigenvalue weighted by Crippen LogP contribution is 2.29. The molecule has 4 heteroatoms. The molecule has 0 bridgehead atoms. The van der Waals surface area contributed by atoms with E-state index < -0.39 is 0 Å². The molecule has 0 radical (unpaired) electrons. The van der Waals surface area contributed by atoms with Crippen LogP contribution < -0.4 is 14.8 Å². The van der Waals surface area contributed by atoms with Gasteiger partial charge in [0.15, 0.2) is 0 Å². The average Bonchev–Trinajstić information content (AvgIpc) is 2.46. The van der Waals surface area contributed by atoms with Gasteiger partial charge >= 0.3 is 0 Å². The van der Waals surface area contributed by atoms with E-state index in [-0.39, 0.29) is 17.9 Å². The lowest BCUT2D eigenvalue weighted by molar-refractivity contribution is -0.125. The van der Waals surface area contributed by atoms with Crippen LogP contribution in [0.4, 0.5) is 0 Å². The van der Waals surface area contributed by atoms with Crippen LogP contribution in [0.3, 0.4) is 0 Å². The SMILES string of the molecule is CCCC(C)C(=O)NC(C)c1cc(OC)ccc1OC. The van der Waals surface area contributed by atoms with Crippen molar-refractivity contribution in [1.82, 2.24) is 5.32 Å². The van der Waals surface area contributed by atoms with Gasteiger partial charge in [0.25, 0.3) is 0 Å². The van der Waals surface area contributed by atoms with Gasteiger partial charge < -0.3 is 14.8 Å². The van der Waals surface area contributed by atoms with Crippen molar-refractivity contribution in [2.45, 2.75) is 39.7 Å². The topological polar surface area (TPSA) is 47.6 Å². The zero-order chi connectivity index (χ0) is 15.1. The predicted octanol–water partition coefficient (Wildman–Crippen LogP) is 3.32. The summed E-state index contributed by atoms with van der Waals surface area (Å²) in [6.07, 6.45) is 1.90. The third-order valence-corrected chi connectivity index (χ3v) is 3.43. The Balaban J connectivity index is 2.85. The second-order valence-electron chi connectivity index (χ2n) is 5.03. The molecule has 0 saturated heterocycles. The van der Waals surface area contributed by atoms with E-state index >= 15 is 0 Å². The number of rotatable bonds is 7. The number of benzene rings is 1. The van der Waals surface area contributed by atoms with Crippen LogP contribution in [0.25, 0.3) is 0 Å². The average molecular weight is 279 g/mol. The van der Waals surface area contributed by atoms with E-state index in [0.29, 0.717) is 0 Å². The van der Waals surface area contributed by atoms with Gasteiger partial charge in [-0.2, -0.15) is 0 Å². The Hall–Kier alpha value is -1.71.